The zero-order valence-corrected chi connectivity index (χ0v) is 33.0. The van der Waals surface area contributed by atoms with Crippen molar-refractivity contribution in [2.24, 2.45) is 5.92 Å². The third-order valence-corrected chi connectivity index (χ3v) is 11.6. The van der Waals surface area contributed by atoms with Crippen LogP contribution in [0, 0.1) is 11.7 Å². The summed E-state index contributed by atoms with van der Waals surface area (Å²) in [7, 11) is 1.57. The zero-order valence-electron chi connectivity index (χ0n) is 32.3. The number of aromatic nitrogens is 2. The number of methoxy groups -OCH3 is 1. The summed E-state index contributed by atoms with van der Waals surface area (Å²) in [6.45, 7) is 5.42. The van der Waals surface area contributed by atoms with Crippen LogP contribution in [0.5, 0.6) is 11.5 Å². The van der Waals surface area contributed by atoms with E-state index in [9.17, 15) is 28.4 Å². The molecule has 5 amide bonds. The molecule has 0 saturated carbocycles. The molecular formula is C42H42ClFN8O7. The van der Waals surface area contributed by atoms with Crippen molar-refractivity contribution in [3.05, 3.63) is 89.0 Å². The summed E-state index contributed by atoms with van der Waals surface area (Å²) in [4.78, 5) is 79.6. The van der Waals surface area contributed by atoms with Crippen molar-refractivity contribution < 1.29 is 37.8 Å². The van der Waals surface area contributed by atoms with E-state index < -0.39 is 35.5 Å². The number of carbonyl (C=O) groups is 5. The molecule has 2 saturated heterocycles. The van der Waals surface area contributed by atoms with Gasteiger partial charge in [-0.3, -0.25) is 34.2 Å². The van der Waals surface area contributed by atoms with Crippen molar-refractivity contribution in [2.45, 2.75) is 31.7 Å². The topological polar surface area (TPSA) is 167 Å². The molecule has 4 aliphatic rings. The molecule has 306 valence electrons. The number of piperidine rings is 1. The Hall–Kier alpha value is -6.13. The van der Waals surface area contributed by atoms with Crippen LogP contribution in [0.15, 0.2) is 67.0 Å². The Labute approximate surface area is 344 Å². The van der Waals surface area contributed by atoms with Crippen LogP contribution in [0.4, 0.5) is 21.6 Å². The Morgan fingerprint density at radius 2 is 1.71 bits per heavy atom. The summed E-state index contributed by atoms with van der Waals surface area (Å²) < 4.78 is 25.4. The van der Waals surface area contributed by atoms with Crippen LogP contribution < -0.4 is 25.0 Å². The number of piperazine rings is 1. The van der Waals surface area contributed by atoms with Crippen LogP contribution in [-0.4, -0.2) is 120 Å². The number of benzene rings is 3. The van der Waals surface area contributed by atoms with E-state index in [0.717, 1.165) is 55.6 Å². The number of nitrogens with one attached hydrogen (secondary N) is 2. The van der Waals surface area contributed by atoms with Gasteiger partial charge in [-0.1, -0.05) is 11.6 Å². The molecule has 1 unspecified atom stereocenters. The van der Waals surface area contributed by atoms with Crippen molar-refractivity contribution in [1.29, 1.82) is 0 Å². The van der Waals surface area contributed by atoms with Gasteiger partial charge in [0, 0.05) is 68.0 Å². The van der Waals surface area contributed by atoms with Crippen molar-refractivity contribution in [2.75, 3.05) is 69.7 Å². The van der Waals surface area contributed by atoms with Crippen LogP contribution in [-0.2, 0) is 14.4 Å². The van der Waals surface area contributed by atoms with E-state index in [-0.39, 0.29) is 22.1 Å². The van der Waals surface area contributed by atoms with Crippen LogP contribution in [0.25, 0.3) is 10.9 Å². The lowest BCUT2D eigenvalue weighted by molar-refractivity contribution is -0.133. The second-order valence-corrected chi connectivity index (χ2v) is 15.3. The Morgan fingerprint density at radius 1 is 0.932 bits per heavy atom. The molecule has 17 heteroatoms. The summed E-state index contributed by atoms with van der Waals surface area (Å²) in [5.41, 5.74) is 2.42. The lowest BCUT2D eigenvalue weighted by Crippen LogP contribution is -2.51. The van der Waals surface area contributed by atoms with Crippen molar-refractivity contribution in [1.82, 2.24) is 30.0 Å². The standard InChI is InChI=1S/C42H42ClFN8O7/c1-58-35-22-30-33(45-24-46-39(30)47-26-3-6-32(44)31(43)20-26)23-36(35)59-18-2-11-49-12-9-25(10-13-49)19-38(54)51-16-14-50(15-17-51)27-4-5-28-29(21-27)42(57)52(41(28)56)34-7-8-37(53)48-40(34)55/h3-8,20-25,34H,2,9-19H2,1H3,(H,45,46,47)(H,48,53,55). The monoisotopic (exact) mass is 824 g/mol. The Bertz CT molecular complexity index is 2360. The average molecular weight is 825 g/mol. The number of rotatable bonds is 12. The first-order valence-corrected chi connectivity index (χ1v) is 19.9. The number of ether oxygens (including phenoxy) is 2. The number of halogens is 2. The van der Waals surface area contributed by atoms with E-state index in [2.05, 4.69) is 30.4 Å². The predicted molar refractivity (Wildman–Crippen MR) is 216 cm³/mol. The molecule has 0 spiro atoms. The summed E-state index contributed by atoms with van der Waals surface area (Å²) in [6.07, 6.45) is 7.04. The minimum absolute atomic E-state index is 0.00374. The number of hydrogen-bond acceptors (Lipinski definition) is 12. The molecule has 2 N–H and O–H groups in total. The number of fused-ring (bicyclic) bond motifs is 2. The van der Waals surface area contributed by atoms with Crippen molar-refractivity contribution in [3.63, 3.8) is 0 Å². The third-order valence-electron chi connectivity index (χ3n) is 11.3. The number of hydrogen-bond donors (Lipinski definition) is 2. The number of amides is 5. The van der Waals surface area contributed by atoms with E-state index in [0.29, 0.717) is 79.0 Å². The molecule has 1 aromatic heterocycles. The quantitative estimate of drug-likeness (QED) is 0.151. The minimum Gasteiger partial charge on any atom is -0.493 e. The van der Waals surface area contributed by atoms with E-state index in [1.165, 1.54) is 24.5 Å². The average Bonchev–Trinajstić information content (AvgIpc) is 3.49. The van der Waals surface area contributed by atoms with Gasteiger partial charge in [0.25, 0.3) is 17.7 Å². The van der Waals surface area contributed by atoms with Crippen LogP contribution in [0.3, 0.4) is 0 Å². The molecule has 8 rings (SSSR count). The first-order valence-electron chi connectivity index (χ1n) is 19.5. The lowest BCUT2D eigenvalue weighted by Gasteiger charge is -2.37. The fraction of sp³-hybridized carbons (Fsp3) is 0.357. The van der Waals surface area contributed by atoms with Crippen molar-refractivity contribution >= 4 is 69.2 Å². The maximum atomic E-state index is 13.7. The maximum Gasteiger partial charge on any atom is 0.262 e. The Balaban J connectivity index is 0.767. The number of likely N-dealkylation sites (tertiary alicyclic amines) is 1. The second-order valence-electron chi connectivity index (χ2n) is 14.9. The van der Waals surface area contributed by atoms with Gasteiger partial charge < -0.3 is 29.5 Å². The minimum atomic E-state index is -1.19. The van der Waals surface area contributed by atoms with Crippen LogP contribution in [0.1, 0.15) is 46.4 Å². The van der Waals surface area contributed by atoms with E-state index in [1.54, 1.807) is 31.4 Å². The lowest BCUT2D eigenvalue weighted by atomic mass is 9.92. The van der Waals surface area contributed by atoms with E-state index in [1.807, 2.05) is 17.0 Å². The molecule has 5 heterocycles. The highest BCUT2D eigenvalue weighted by Gasteiger charge is 2.43. The number of nitrogens with zero attached hydrogens (tertiary/aromatic N) is 6. The molecule has 3 aromatic carbocycles. The number of carbonyl (C=O) groups excluding carboxylic acids is 5. The highest BCUT2D eigenvalue weighted by Crippen LogP contribution is 2.36. The Kier molecular flexibility index (Phi) is 11.4. The molecule has 0 bridgehead atoms. The van der Waals surface area contributed by atoms with Gasteiger partial charge in [-0.05, 0) is 86.8 Å². The molecular weight excluding hydrogens is 783 g/mol. The number of anilines is 3. The molecule has 1 atom stereocenters. The van der Waals surface area contributed by atoms with Gasteiger partial charge in [-0.2, -0.15) is 0 Å². The fourth-order valence-electron chi connectivity index (χ4n) is 8.02. The van der Waals surface area contributed by atoms with Gasteiger partial charge in [-0.25, -0.2) is 14.4 Å². The molecule has 0 radical (unpaired) electrons. The van der Waals surface area contributed by atoms with Gasteiger partial charge in [0.05, 0.1) is 35.4 Å². The highest BCUT2D eigenvalue weighted by molar-refractivity contribution is 6.31. The second kappa shape index (κ2) is 17.0. The molecule has 2 fully saturated rings. The largest absolute Gasteiger partial charge is 0.493 e. The van der Waals surface area contributed by atoms with E-state index in [4.69, 9.17) is 21.1 Å². The fourth-order valence-corrected chi connectivity index (χ4v) is 8.20. The normalized spacial score (nSPS) is 18.7. The van der Waals surface area contributed by atoms with Gasteiger partial charge in [-0.15, -0.1) is 0 Å². The van der Waals surface area contributed by atoms with Crippen LogP contribution in [0.2, 0.25) is 5.02 Å². The SMILES string of the molecule is COc1cc2c(Nc3ccc(F)c(Cl)c3)ncnc2cc1OCCCN1CCC(CC(=O)N2CCN(c3ccc4c(c3)C(=O)N(C3C=CC(=O)NC3=O)C4=O)CC2)CC1. The van der Waals surface area contributed by atoms with Crippen molar-refractivity contribution in [3.8, 4) is 11.5 Å². The van der Waals surface area contributed by atoms with E-state index >= 15 is 0 Å². The maximum absolute atomic E-state index is 13.7. The smallest absolute Gasteiger partial charge is 0.262 e. The first kappa shape index (κ1) is 39.7. The first-order chi connectivity index (χ1) is 28.6. The molecule has 0 aliphatic carbocycles. The highest BCUT2D eigenvalue weighted by atomic mass is 35.5. The van der Waals surface area contributed by atoms with Gasteiger partial charge in [0.1, 0.15) is 24.0 Å². The summed E-state index contributed by atoms with van der Waals surface area (Å²) in [5.74, 6) is -0.895. The van der Waals surface area contributed by atoms with Gasteiger partial charge in [0.15, 0.2) is 11.5 Å². The zero-order chi connectivity index (χ0) is 41.2. The summed E-state index contributed by atoms with van der Waals surface area (Å²) >= 11 is 5.96. The third kappa shape index (κ3) is 8.41. The number of imide groups is 2. The Morgan fingerprint density at radius 3 is 2.46 bits per heavy atom. The molecule has 15 nitrogen and oxygen atoms in total. The van der Waals surface area contributed by atoms with Gasteiger partial charge in [0.2, 0.25) is 11.8 Å². The predicted octanol–water partition coefficient (Wildman–Crippen LogP) is 4.57. The van der Waals surface area contributed by atoms with Crippen LogP contribution >= 0.6 is 11.6 Å². The summed E-state index contributed by atoms with van der Waals surface area (Å²) in [5, 5.41) is 6.01. The molecule has 4 aliphatic heterocycles. The summed E-state index contributed by atoms with van der Waals surface area (Å²) in [6, 6.07) is 11.8. The van der Waals surface area contributed by atoms with Gasteiger partial charge >= 0.3 is 0 Å². The molecule has 59 heavy (non-hydrogen) atoms. The molecule has 4 aromatic rings.